The minimum Gasteiger partial charge on any atom is -0.383 e. The number of nitrogens with two attached hydrogens (primary N) is 1. The van der Waals surface area contributed by atoms with E-state index in [1.165, 1.54) is 0 Å². The van der Waals surface area contributed by atoms with Crippen molar-refractivity contribution in [2.24, 2.45) is 0 Å². The van der Waals surface area contributed by atoms with Gasteiger partial charge in [-0.25, -0.2) is 4.98 Å². The second-order valence-corrected chi connectivity index (χ2v) is 1.60. The van der Waals surface area contributed by atoms with Crippen LogP contribution in [0.4, 0.5) is 5.82 Å². The minimum atomic E-state index is 0.563. The van der Waals surface area contributed by atoms with Gasteiger partial charge in [0.05, 0.1) is 0 Å². The highest BCUT2D eigenvalue weighted by Crippen LogP contribution is 2.00. The molecule has 0 fully saturated rings. The molecule has 0 aliphatic carbocycles. The molecule has 0 aromatic carbocycles. The van der Waals surface area contributed by atoms with Crippen LogP contribution >= 0.6 is 0 Å². The van der Waals surface area contributed by atoms with Crippen LogP contribution in [0, 0.1) is 13.0 Å². The average Bonchev–Trinajstić information content (AvgIpc) is 1.77. The molecule has 1 radical (unpaired) electrons. The fourth-order valence-corrected chi connectivity index (χ4v) is 0.451. The number of nitrogens with zero attached hydrogens (tertiary/aromatic N) is 1. The van der Waals surface area contributed by atoms with Gasteiger partial charge in [0.2, 0.25) is 0 Å². The predicted molar refractivity (Wildman–Crippen MR) is 32.2 cm³/mol. The summed E-state index contributed by atoms with van der Waals surface area (Å²) < 4.78 is 0. The van der Waals surface area contributed by atoms with E-state index in [1.54, 1.807) is 12.3 Å². The zero-order valence-electron chi connectivity index (χ0n) is 4.68. The molecule has 8 heavy (non-hydrogen) atoms. The van der Waals surface area contributed by atoms with Crippen LogP contribution in [0.1, 0.15) is 5.56 Å². The summed E-state index contributed by atoms with van der Waals surface area (Å²) >= 11 is 0. The van der Waals surface area contributed by atoms with Gasteiger partial charge in [-0.2, -0.15) is 0 Å². The van der Waals surface area contributed by atoms with Crippen molar-refractivity contribution in [1.29, 1.82) is 0 Å². The summed E-state index contributed by atoms with van der Waals surface area (Å²) in [5.74, 6) is 0.563. The molecule has 0 spiro atoms. The molecule has 1 aromatic heterocycles. The SMILES string of the molecule is Cc1[c]ccnc1N. The molecule has 0 saturated heterocycles. The lowest BCUT2D eigenvalue weighted by Gasteiger charge is -1.91. The van der Waals surface area contributed by atoms with E-state index in [1.807, 2.05) is 6.92 Å². The third-order valence-corrected chi connectivity index (χ3v) is 0.972. The van der Waals surface area contributed by atoms with E-state index in [-0.39, 0.29) is 0 Å². The Morgan fingerprint density at radius 1 is 1.75 bits per heavy atom. The normalized spacial score (nSPS) is 9.12. The Kier molecular flexibility index (Phi) is 1.16. The Balaban J connectivity index is 3.13. The molecule has 0 aliphatic rings. The van der Waals surface area contributed by atoms with Gasteiger partial charge in [0.15, 0.2) is 0 Å². The van der Waals surface area contributed by atoms with Crippen molar-refractivity contribution in [2.45, 2.75) is 6.92 Å². The van der Waals surface area contributed by atoms with Crippen molar-refractivity contribution in [2.75, 3.05) is 5.73 Å². The fraction of sp³-hybridized carbons (Fsp3) is 0.167. The lowest BCUT2D eigenvalue weighted by Crippen LogP contribution is -1.91. The smallest absolute Gasteiger partial charge is 0.126 e. The van der Waals surface area contributed by atoms with Gasteiger partial charge >= 0.3 is 0 Å². The van der Waals surface area contributed by atoms with Crippen LogP contribution in [0.2, 0.25) is 0 Å². The van der Waals surface area contributed by atoms with Gasteiger partial charge in [0.1, 0.15) is 5.82 Å². The van der Waals surface area contributed by atoms with E-state index in [9.17, 15) is 0 Å². The highest BCUT2D eigenvalue weighted by molar-refractivity contribution is 5.35. The molecular weight excluding hydrogens is 100 g/mol. The Hall–Kier alpha value is -1.05. The summed E-state index contributed by atoms with van der Waals surface area (Å²) in [4.78, 5) is 3.83. The number of hydrogen-bond donors (Lipinski definition) is 1. The summed E-state index contributed by atoms with van der Waals surface area (Å²) in [6, 6.07) is 4.65. The molecule has 1 aromatic rings. The number of aryl methyl sites for hydroxylation is 1. The van der Waals surface area contributed by atoms with E-state index >= 15 is 0 Å². The zero-order valence-corrected chi connectivity index (χ0v) is 4.68. The number of rotatable bonds is 0. The molecule has 0 bridgehead atoms. The van der Waals surface area contributed by atoms with Gasteiger partial charge in [-0.15, -0.1) is 0 Å². The molecule has 2 nitrogen and oxygen atoms in total. The number of anilines is 1. The van der Waals surface area contributed by atoms with Crippen molar-refractivity contribution >= 4 is 5.82 Å². The first-order chi connectivity index (χ1) is 3.80. The first-order valence-corrected chi connectivity index (χ1v) is 2.39. The fourth-order valence-electron chi connectivity index (χ4n) is 0.451. The van der Waals surface area contributed by atoms with Crippen LogP contribution in [0.3, 0.4) is 0 Å². The van der Waals surface area contributed by atoms with Gasteiger partial charge in [-0.3, -0.25) is 0 Å². The average molecular weight is 107 g/mol. The summed E-state index contributed by atoms with van der Waals surface area (Å²) in [7, 11) is 0. The maximum Gasteiger partial charge on any atom is 0.126 e. The van der Waals surface area contributed by atoms with Crippen LogP contribution in [-0.2, 0) is 0 Å². The summed E-state index contributed by atoms with van der Waals surface area (Å²) in [6.07, 6.45) is 1.63. The number of aromatic nitrogens is 1. The highest BCUT2D eigenvalue weighted by atomic mass is 14.8. The number of pyridine rings is 1. The maximum absolute atomic E-state index is 5.38. The van der Waals surface area contributed by atoms with Crippen LogP contribution in [-0.4, -0.2) is 4.98 Å². The Morgan fingerprint density at radius 3 is 2.88 bits per heavy atom. The Labute approximate surface area is 48.4 Å². The molecular formula is C6H7N2. The van der Waals surface area contributed by atoms with Crippen molar-refractivity contribution in [3.63, 3.8) is 0 Å². The van der Waals surface area contributed by atoms with Crippen molar-refractivity contribution < 1.29 is 0 Å². The largest absolute Gasteiger partial charge is 0.383 e. The van der Waals surface area contributed by atoms with Gasteiger partial charge in [0.25, 0.3) is 0 Å². The lowest BCUT2D eigenvalue weighted by atomic mass is 10.3. The molecule has 1 heterocycles. The van der Waals surface area contributed by atoms with Crippen molar-refractivity contribution in [3.8, 4) is 0 Å². The standard InChI is InChI=1S/C6H7N2/c1-5-3-2-4-8-6(5)7/h2,4H,1H3,(H2,7,8). The van der Waals surface area contributed by atoms with Crippen LogP contribution in [0.25, 0.3) is 0 Å². The Bertz CT molecular complexity index is 163. The second-order valence-electron chi connectivity index (χ2n) is 1.60. The summed E-state index contributed by atoms with van der Waals surface area (Å²) in [5, 5.41) is 0. The Morgan fingerprint density at radius 2 is 2.50 bits per heavy atom. The molecule has 2 N–H and O–H groups in total. The van der Waals surface area contributed by atoms with E-state index < -0.39 is 0 Å². The maximum atomic E-state index is 5.38. The topological polar surface area (TPSA) is 38.9 Å². The minimum absolute atomic E-state index is 0.563. The summed E-state index contributed by atoms with van der Waals surface area (Å²) in [5.41, 5.74) is 6.29. The van der Waals surface area contributed by atoms with E-state index in [2.05, 4.69) is 11.1 Å². The monoisotopic (exact) mass is 107 g/mol. The van der Waals surface area contributed by atoms with Crippen molar-refractivity contribution in [3.05, 3.63) is 23.9 Å². The molecule has 0 amide bonds. The first-order valence-electron chi connectivity index (χ1n) is 2.39. The van der Waals surface area contributed by atoms with Gasteiger partial charge < -0.3 is 5.73 Å². The van der Waals surface area contributed by atoms with Gasteiger partial charge in [-0.1, -0.05) is 0 Å². The van der Waals surface area contributed by atoms with E-state index in [0.29, 0.717) is 5.82 Å². The van der Waals surface area contributed by atoms with Crippen LogP contribution in [0.5, 0.6) is 0 Å². The molecule has 0 unspecified atom stereocenters. The van der Waals surface area contributed by atoms with Crippen molar-refractivity contribution in [1.82, 2.24) is 4.98 Å². The zero-order chi connectivity index (χ0) is 5.98. The summed E-state index contributed by atoms with van der Waals surface area (Å²) in [6.45, 7) is 1.88. The van der Waals surface area contributed by atoms with Gasteiger partial charge in [-0.05, 0) is 24.6 Å². The number of nitrogen functional groups attached to an aromatic ring is 1. The molecule has 0 aliphatic heterocycles. The molecule has 1 rings (SSSR count). The second kappa shape index (κ2) is 1.82. The third kappa shape index (κ3) is 0.780. The van der Waals surface area contributed by atoms with E-state index in [0.717, 1.165) is 5.56 Å². The molecule has 2 heteroatoms. The van der Waals surface area contributed by atoms with Gasteiger partial charge in [0, 0.05) is 6.20 Å². The molecule has 0 saturated carbocycles. The quantitative estimate of drug-likeness (QED) is 0.532. The molecule has 41 valence electrons. The van der Waals surface area contributed by atoms with Crippen LogP contribution in [0.15, 0.2) is 12.3 Å². The third-order valence-electron chi connectivity index (χ3n) is 0.972. The molecule has 0 atom stereocenters. The number of hydrogen-bond acceptors (Lipinski definition) is 2. The lowest BCUT2D eigenvalue weighted by molar-refractivity contribution is 1.27. The first kappa shape index (κ1) is 5.09. The van der Waals surface area contributed by atoms with Crippen LogP contribution < -0.4 is 5.73 Å². The van der Waals surface area contributed by atoms with E-state index in [4.69, 9.17) is 5.73 Å². The highest BCUT2D eigenvalue weighted by Gasteiger charge is 1.87. The predicted octanol–water partition coefficient (Wildman–Crippen LogP) is 0.772.